The zero-order valence-electron chi connectivity index (χ0n) is 22.6. The first-order valence-electron chi connectivity index (χ1n) is 13.0. The monoisotopic (exact) mass is 678 g/mol. The third-order valence-electron chi connectivity index (χ3n) is 6.80. The molecule has 43 heavy (non-hydrogen) atoms. The maximum atomic E-state index is 13.6. The third-order valence-corrected chi connectivity index (χ3v) is 10.6. The van der Waals surface area contributed by atoms with Gasteiger partial charge >= 0.3 is 12.6 Å². The van der Waals surface area contributed by atoms with E-state index in [0.717, 1.165) is 41.3 Å². The van der Waals surface area contributed by atoms with Gasteiger partial charge in [0.05, 0.1) is 6.61 Å². The Morgan fingerprint density at radius 2 is 1.95 bits per heavy atom. The molecule has 3 aromatic rings. The Kier molecular flexibility index (Phi) is 9.56. The molecule has 2 atom stereocenters. The number of alkyl halides is 2. The summed E-state index contributed by atoms with van der Waals surface area (Å²) in [6, 6.07) is 4.11. The van der Waals surface area contributed by atoms with E-state index >= 15 is 0 Å². The van der Waals surface area contributed by atoms with Crippen molar-refractivity contribution < 1.29 is 40.9 Å². The minimum Gasteiger partial charge on any atom is -0.619 e. The zero-order valence-corrected chi connectivity index (χ0v) is 25.7. The molecule has 1 aromatic carbocycles. The lowest BCUT2D eigenvalue weighted by atomic mass is 10.0. The molecular weight excluding hydrogens is 653 g/mol. The van der Waals surface area contributed by atoms with Crippen LogP contribution in [0.2, 0.25) is 10.0 Å². The number of pyridine rings is 1. The molecule has 0 N–H and O–H groups in total. The van der Waals surface area contributed by atoms with Crippen molar-refractivity contribution in [3.05, 3.63) is 69.4 Å². The van der Waals surface area contributed by atoms with Gasteiger partial charge in [-0.1, -0.05) is 29.3 Å². The second-order valence-corrected chi connectivity index (χ2v) is 13.7. The number of benzene rings is 1. The van der Waals surface area contributed by atoms with Crippen LogP contribution in [0.3, 0.4) is 0 Å². The number of ether oxygens (including phenoxy) is 3. The molecule has 232 valence electrons. The van der Waals surface area contributed by atoms with Gasteiger partial charge in [-0.05, 0) is 36.5 Å². The van der Waals surface area contributed by atoms with Crippen LogP contribution in [-0.4, -0.2) is 59.1 Å². The third kappa shape index (κ3) is 7.28. The van der Waals surface area contributed by atoms with Gasteiger partial charge in [-0.15, -0.1) is 11.8 Å². The van der Waals surface area contributed by atoms with Gasteiger partial charge in [0, 0.05) is 43.7 Å². The van der Waals surface area contributed by atoms with Crippen LogP contribution in [0.25, 0.3) is 0 Å². The number of rotatable bonds is 12. The Morgan fingerprint density at radius 3 is 2.58 bits per heavy atom. The Bertz CT molecular complexity index is 1580. The van der Waals surface area contributed by atoms with E-state index in [0.29, 0.717) is 22.0 Å². The van der Waals surface area contributed by atoms with Crippen LogP contribution in [0, 0.1) is 11.1 Å². The molecule has 0 radical (unpaired) electrons. The van der Waals surface area contributed by atoms with Crippen LogP contribution in [-0.2, 0) is 33.0 Å². The number of thioether (sulfide) groups is 1. The van der Waals surface area contributed by atoms with Gasteiger partial charge in [-0.2, -0.15) is 17.8 Å². The van der Waals surface area contributed by atoms with Crippen LogP contribution in [0.4, 0.5) is 8.78 Å². The lowest BCUT2D eigenvalue weighted by Gasteiger charge is -2.25. The van der Waals surface area contributed by atoms with Gasteiger partial charge in [0.1, 0.15) is 16.1 Å². The van der Waals surface area contributed by atoms with Crippen molar-refractivity contribution in [3.8, 4) is 11.5 Å². The molecule has 2 aromatic heterocycles. The van der Waals surface area contributed by atoms with E-state index in [1.54, 1.807) is 0 Å². The van der Waals surface area contributed by atoms with Crippen molar-refractivity contribution in [3.63, 3.8) is 0 Å². The fraction of sp³-hybridized carbons (Fsp3) is 0.423. The molecule has 0 amide bonds. The summed E-state index contributed by atoms with van der Waals surface area (Å²) in [6.07, 6.45) is 5.60. The average Bonchev–Trinajstić information content (AvgIpc) is 3.42. The summed E-state index contributed by atoms with van der Waals surface area (Å²) in [4.78, 5) is 17.5. The first kappa shape index (κ1) is 31.6. The Hall–Kier alpha value is -2.85. The number of aromatic nitrogens is 3. The van der Waals surface area contributed by atoms with E-state index in [9.17, 15) is 27.2 Å². The quantitative estimate of drug-likeness (QED) is 0.156. The highest BCUT2D eigenvalue weighted by molar-refractivity contribution is 8.02. The van der Waals surface area contributed by atoms with Gasteiger partial charge in [0.2, 0.25) is 5.16 Å². The molecule has 11 nitrogen and oxygen atoms in total. The first-order chi connectivity index (χ1) is 20.4. The number of imidazole rings is 1. The first-order valence-corrected chi connectivity index (χ1v) is 16.3. The molecule has 5 rings (SSSR count). The van der Waals surface area contributed by atoms with Crippen molar-refractivity contribution >= 4 is 51.0 Å². The number of hydrogen-bond acceptors (Lipinski definition) is 9. The Morgan fingerprint density at radius 1 is 1.23 bits per heavy atom. The van der Waals surface area contributed by atoms with E-state index in [-0.39, 0.29) is 51.8 Å². The van der Waals surface area contributed by atoms with Crippen molar-refractivity contribution in [1.82, 2.24) is 13.9 Å². The molecule has 1 aliphatic carbocycles. The topological polar surface area (TPSA) is 127 Å². The molecule has 0 spiro atoms. The van der Waals surface area contributed by atoms with Crippen molar-refractivity contribution in [1.29, 1.82) is 0 Å². The summed E-state index contributed by atoms with van der Waals surface area (Å²) in [7, 11) is -2.63. The molecule has 3 heterocycles. The lowest BCUT2D eigenvalue weighted by Crippen LogP contribution is -2.41. The highest BCUT2D eigenvalue weighted by Crippen LogP contribution is 2.39. The van der Waals surface area contributed by atoms with Gasteiger partial charge in [-0.3, -0.25) is 0 Å². The van der Waals surface area contributed by atoms with Crippen LogP contribution < -0.4 is 14.2 Å². The fourth-order valence-corrected chi connectivity index (χ4v) is 8.18. The molecular formula is C26H26Cl2F2N4O7S2. The van der Waals surface area contributed by atoms with Crippen LogP contribution in [0.5, 0.6) is 11.5 Å². The van der Waals surface area contributed by atoms with Gasteiger partial charge in [-0.25, -0.2) is 18.2 Å². The van der Waals surface area contributed by atoms with Gasteiger partial charge in [0.25, 0.3) is 10.0 Å². The second-order valence-electron chi connectivity index (χ2n) is 9.92. The summed E-state index contributed by atoms with van der Waals surface area (Å²) in [5.41, 5.74) is 0.589. The smallest absolute Gasteiger partial charge is 0.387 e. The predicted octanol–water partition coefficient (Wildman–Crippen LogP) is 4.34. The van der Waals surface area contributed by atoms with Crippen LogP contribution >= 0.6 is 35.0 Å². The van der Waals surface area contributed by atoms with Crippen molar-refractivity contribution in [2.24, 2.45) is 13.0 Å². The van der Waals surface area contributed by atoms with Gasteiger partial charge < -0.3 is 24.0 Å². The second kappa shape index (κ2) is 13.0. The number of nitrogens with zero attached hydrogens (tertiary/aromatic N) is 4. The maximum Gasteiger partial charge on any atom is 0.387 e. The normalized spacial score (nSPS) is 18.1. The number of esters is 1. The molecule has 1 saturated carbocycles. The summed E-state index contributed by atoms with van der Waals surface area (Å²) < 4.78 is 72.1. The molecule has 0 bridgehead atoms. The van der Waals surface area contributed by atoms with Gasteiger partial charge in [0.15, 0.2) is 29.3 Å². The highest BCUT2D eigenvalue weighted by Gasteiger charge is 2.43. The Balaban J connectivity index is 1.48. The molecule has 1 aliphatic heterocycles. The highest BCUT2D eigenvalue weighted by atomic mass is 35.5. The standard InChI is InChI=1S/C26H26Cl2F2N4O7S2/c1-32-7-6-31-26(32)43(37,38)34-8-9-42-23(34)24(35)40-21(11-17-18(27)12-33(36)13-19(17)28)16-4-5-20(41-25(29)30)22(10-16)39-14-15-2-3-15/h4-7,10,12-13,15,21,23,25H,2-3,8-9,11,14H2,1H3/t21-,23-/m0/s1. The number of aryl methyl sites for hydroxylation is 1. The number of carbonyl (C=O) groups excluding carboxylic acids is 1. The summed E-state index contributed by atoms with van der Waals surface area (Å²) in [6.45, 7) is -2.77. The number of sulfonamides is 1. The molecule has 2 fully saturated rings. The van der Waals surface area contributed by atoms with E-state index in [2.05, 4.69) is 9.72 Å². The average molecular weight is 680 g/mol. The lowest BCUT2D eigenvalue weighted by molar-refractivity contribution is -0.605. The summed E-state index contributed by atoms with van der Waals surface area (Å²) in [5.74, 6) is -0.440. The minimum atomic E-state index is -4.15. The van der Waals surface area contributed by atoms with E-state index in [1.807, 2.05) is 0 Å². The Labute approximate surface area is 260 Å². The van der Waals surface area contributed by atoms with Crippen molar-refractivity contribution in [2.75, 3.05) is 18.9 Å². The fourth-order valence-electron chi connectivity index (χ4n) is 4.45. The van der Waals surface area contributed by atoms with E-state index in [4.69, 9.17) is 32.7 Å². The minimum absolute atomic E-state index is 0.000590. The molecule has 0 unspecified atom stereocenters. The van der Waals surface area contributed by atoms with Crippen LogP contribution in [0.15, 0.2) is 48.1 Å². The predicted molar refractivity (Wildman–Crippen MR) is 153 cm³/mol. The number of carbonyl (C=O) groups is 1. The SMILES string of the molecule is Cn1ccnc1S(=O)(=O)N1CCS[C@H]1C(=O)O[C@@H](Cc1c(Cl)c[n+]([O-])cc1Cl)c1ccc(OC(F)F)c(OCC2CC2)c1. The number of halogens is 4. The number of hydrogen-bond donors (Lipinski definition) is 0. The van der Waals surface area contributed by atoms with Crippen LogP contribution in [0.1, 0.15) is 30.1 Å². The molecule has 2 aliphatic rings. The van der Waals surface area contributed by atoms with E-state index < -0.39 is 34.1 Å². The summed E-state index contributed by atoms with van der Waals surface area (Å²) in [5, 5.41) is 10.4. The molecule has 1 saturated heterocycles. The molecule has 17 heteroatoms. The van der Waals surface area contributed by atoms with E-state index in [1.165, 1.54) is 42.2 Å². The summed E-state index contributed by atoms with van der Waals surface area (Å²) >= 11 is 13.7. The maximum absolute atomic E-state index is 13.6. The van der Waals surface area contributed by atoms with Crippen molar-refractivity contribution in [2.45, 2.75) is 42.5 Å². The zero-order chi connectivity index (χ0) is 30.9. The largest absolute Gasteiger partial charge is 0.619 e.